The molecule has 1 heterocycles. The molecule has 0 amide bonds. The van der Waals surface area contributed by atoms with Crippen molar-refractivity contribution in [1.82, 2.24) is 4.98 Å². The molecule has 1 aromatic rings. The number of nitrogen functional groups attached to an aromatic ring is 1. The lowest BCUT2D eigenvalue weighted by Crippen LogP contribution is -2.17. The number of rotatable bonds is 2. The van der Waals surface area contributed by atoms with Crippen molar-refractivity contribution in [2.24, 2.45) is 0 Å². The van der Waals surface area contributed by atoms with Gasteiger partial charge in [0.05, 0.1) is 6.61 Å². The van der Waals surface area contributed by atoms with E-state index in [4.69, 9.17) is 21.0 Å². The molecule has 1 rings (SSSR count). The first-order chi connectivity index (χ1) is 7.15. The first-order valence-corrected chi connectivity index (χ1v) is 4.14. The number of pyridine rings is 1. The van der Waals surface area contributed by atoms with Crippen LogP contribution in [0.2, 0.25) is 0 Å². The predicted molar refractivity (Wildman–Crippen MR) is 52.1 cm³/mol. The van der Waals surface area contributed by atoms with E-state index in [-0.39, 0.29) is 29.4 Å². The molecule has 3 N–H and O–H groups in total. The summed E-state index contributed by atoms with van der Waals surface area (Å²) in [5.74, 6) is -0.0912. The molecule has 1 aromatic heterocycles. The number of nitrogens with zero attached hydrogens (tertiary/aromatic N) is 2. The smallest absolute Gasteiger partial charge is 0.223 e. The van der Waals surface area contributed by atoms with Crippen LogP contribution in [0.1, 0.15) is 18.1 Å². The number of aromatic nitrogens is 1. The van der Waals surface area contributed by atoms with Gasteiger partial charge >= 0.3 is 0 Å². The Morgan fingerprint density at radius 2 is 2.00 bits per heavy atom. The first-order valence-electron chi connectivity index (χ1n) is 4.14. The molecule has 0 spiro atoms. The Morgan fingerprint density at radius 1 is 1.40 bits per heavy atom. The lowest BCUT2D eigenvalue weighted by atomic mass is 10.2. The number of ether oxygens (including phenoxy) is 1. The van der Waals surface area contributed by atoms with E-state index in [9.17, 15) is 4.79 Å². The van der Waals surface area contributed by atoms with Gasteiger partial charge in [0.15, 0.2) is 5.56 Å². The molecule has 0 aliphatic rings. The lowest BCUT2D eigenvalue weighted by Gasteiger charge is -2.06. The third-order valence-electron chi connectivity index (χ3n) is 1.71. The highest BCUT2D eigenvalue weighted by Crippen LogP contribution is 2.15. The minimum absolute atomic E-state index is 0.00139. The second kappa shape index (κ2) is 4.16. The van der Waals surface area contributed by atoms with Crippen LogP contribution in [0, 0.1) is 22.7 Å². The number of hydrogen-bond donors (Lipinski definition) is 2. The third-order valence-corrected chi connectivity index (χ3v) is 1.71. The minimum atomic E-state index is -0.709. The van der Waals surface area contributed by atoms with Crippen LogP contribution in [0.15, 0.2) is 4.79 Å². The van der Waals surface area contributed by atoms with Crippen molar-refractivity contribution in [3.63, 3.8) is 0 Å². The molecule has 0 aliphatic carbocycles. The van der Waals surface area contributed by atoms with Gasteiger partial charge in [0.2, 0.25) is 11.3 Å². The third kappa shape index (κ3) is 1.74. The fraction of sp³-hybridized carbons (Fsp3) is 0.222. The Hall–Kier alpha value is -2.47. The van der Waals surface area contributed by atoms with Gasteiger partial charge < -0.3 is 15.5 Å². The van der Waals surface area contributed by atoms with Crippen LogP contribution in [-0.2, 0) is 0 Å². The summed E-state index contributed by atoms with van der Waals surface area (Å²) >= 11 is 0. The Kier molecular flexibility index (Phi) is 2.94. The Bertz CT molecular complexity index is 519. The van der Waals surface area contributed by atoms with E-state index in [1.807, 2.05) is 0 Å². The van der Waals surface area contributed by atoms with Crippen molar-refractivity contribution >= 4 is 5.82 Å². The molecule has 0 fully saturated rings. The zero-order valence-electron chi connectivity index (χ0n) is 8.00. The summed E-state index contributed by atoms with van der Waals surface area (Å²) in [6, 6.07) is 3.31. The fourth-order valence-electron chi connectivity index (χ4n) is 1.06. The molecule has 0 bridgehead atoms. The van der Waals surface area contributed by atoms with Gasteiger partial charge in [-0.25, -0.2) is 0 Å². The number of aromatic amines is 1. The van der Waals surface area contributed by atoms with Crippen LogP contribution in [0.4, 0.5) is 5.82 Å². The SMILES string of the molecule is CCOc1[nH]c(N)c(C#N)c(=O)c1C#N. The van der Waals surface area contributed by atoms with Gasteiger partial charge in [0, 0.05) is 0 Å². The Labute approximate surface area is 85.5 Å². The van der Waals surface area contributed by atoms with Crippen molar-refractivity contribution < 1.29 is 4.74 Å². The quantitative estimate of drug-likeness (QED) is 0.708. The zero-order valence-corrected chi connectivity index (χ0v) is 8.00. The van der Waals surface area contributed by atoms with E-state index in [0.29, 0.717) is 0 Å². The maximum Gasteiger partial charge on any atom is 0.223 e. The minimum Gasteiger partial charge on any atom is -0.478 e. The van der Waals surface area contributed by atoms with Crippen molar-refractivity contribution in [1.29, 1.82) is 10.5 Å². The van der Waals surface area contributed by atoms with E-state index >= 15 is 0 Å². The first kappa shape index (κ1) is 10.6. The Morgan fingerprint density at radius 3 is 2.47 bits per heavy atom. The average molecular weight is 204 g/mol. The van der Waals surface area contributed by atoms with Crippen molar-refractivity contribution in [3.05, 3.63) is 21.4 Å². The molecule has 0 aliphatic heterocycles. The van der Waals surface area contributed by atoms with E-state index in [1.165, 1.54) is 0 Å². The van der Waals surface area contributed by atoms with Crippen LogP contribution < -0.4 is 15.9 Å². The summed E-state index contributed by atoms with van der Waals surface area (Å²) in [6.07, 6.45) is 0. The highest BCUT2D eigenvalue weighted by atomic mass is 16.5. The molecule has 0 radical (unpaired) electrons. The predicted octanol–water partition coefficient (Wildman–Crippen LogP) is 0.0992. The van der Waals surface area contributed by atoms with Crippen LogP contribution in [-0.4, -0.2) is 11.6 Å². The summed E-state index contributed by atoms with van der Waals surface area (Å²) in [7, 11) is 0. The monoisotopic (exact) mass is 204 g/mol. The number of hydrogen-bond acceptors (Lipinski definition) is 5. The van der Waals surface area contributed by atoms with Gasteiger partial charge in [0.1, 0.15) is 23.5 Å². The van der Waals surface area contributed by atoms with Crippen molar-refractivity contribution in [2.75, 3.05) is 12.3 Å². The molecule has 0 saturated carbocycles. The number of nitrogens with two attached hydrogens (primary N) is 1. The van der Waals surface area contributed by atoms with Gasteiger partial charge in [-0.05, 0) is 6.92 Å². The summed E-state index contributed by atoms with van der Waals surface area (Å²) in [5, 5.41) is 17.4. The van der Waals surface area contributed by atoms with Crippen LogP contribution in [0.5, 0.6) is 5.88 Å². The van der Waals surface area contributed by atoms with Gasteiger partial charge in [-0.1, -0.05) is 0 Å². The topological polar surface area (TPSA) is 116 Å². The van der Waals surface area contributed by atoms with Crippen molar-refractivity contribution in [3.8, 4) is 18.0 Å². The largest absolute Gasteiger partial charge is 0.478 e. The number of H-pyrrole nitrogens is 1. The molecule has 0 saturated heterocycles. The number of nitrogens with one attached hydrogen (secondary N) is 1. The van der Waals surface area contributed by atoms with Crippen molar-refractivity contribution in [2.45, 2.75) is 6.92 Å². The Balaban J connectivity index is 3.56. The van der Waals surface area contributed by atoms with Crippen LogP contribution in [0.25, 0.3) is 0 Å². The number of anilines is 1. The molecular weight excluding hydrogens is 196 g/mol. The summed E-state index contributed by atoms with van der Waals surface area (Å²) in [5.41, 5.74) is 4.21. The van der Waals surface area contributed by atoms with Crippen LogP contribution in [0.3, 0.4) is 0 Å². The highest BCUT2D eigenvalue weighted by Gasteiger charge is 2.15. The van der Waals surface area contributed by atoms with Gasteiger partial charge in [-0.3, -0.25) is 4.79 Å². The van der Waals surface area contributed by atoms with E-state index in [0.717, 1.165) is 0 Å². The summed E-state index contributed by atoms with van der Waals surface area (Å²) in [4.78, 5) is 14.0. The molecule has 0 unspecified atom stereocenters. The van der Waals surface area contributed by atoms with Crippen LogP contribution >= 0.6 is 0 Å². The van der Waals surface area contributed by atoms with Gasteiger partial charge in [0.25, 0.3) is 0 Å². The molecule has 0 atom stereocenters. The molecule has 15 heavy (non-hydrogen) atoms. The standard InChI is InChI=1S/C9H8N4O2/c1-2-15-9-6(4-11)7(14)5(3-10)8(12)13-9/h2H2,1H3,(H3,12,13,14). The molecular formula is C9H8N4O2. The lowest BCUT2D eigenvalue weighted by molar-refractivity contribution is 0.326. The molecule has 0 aromatic carbocycles. The maximum absolute atomic E-state index is 11.5. The van der Waals surface area contributed by atoms with E-state index in [1.54, 1.807) is 19.1 Å². The molecule has 76 valence electrons. The second-order valence-electron chi connectivity index (χ2n) is 2.60. The van der Waals surface area contributed by atoms with Gasteiger partial charge in [-0.15, -0.1) is 0 Å². The van der Waals surface area contributed by atoms with E-state index < -0.39 is 5.43 Å². The maximum atomic E-state index is 11.5. The second-order valence-corrected chi connectivity index (χ2v) is 2.60. The summed E-state index contributed by atoms with van der Waals surface area (Å²) in [6.45, 7) is 1.99. The van der Waals surface area contributed by atoms with Gasteiger partial charge in [-0.2, -0.15) is 10.5 Å². The normalized spacial score (nSPS) is 9.00. The average Bonchev–Trinajstić information content (AvgIpc) is 2.19. The number of nitriles is 2. The highest BCUT2D eigenvalue weighted by molar-refractivity contribution is 5.55. The molecule has 6 nitrogen and oxygen atoms in total. The summed E-state index contributed by atoms with van der Waals surface area (Å²) < 4.78 is 5.02. The van der Waals surface area contributed by atoms with E-state index in [2.05, 4.69) is 4.98 Å². The molecule has 6 heteroatoms. The fourth-order valence-corrected chi connectivity index (χ4v) is 1.06. The zero-order chi connectivity index (χ0) is 11.4.